The van der Waals surface area contributed by atoms with Crippen molar-refractivity contribution in [3.63, 3.8) is 0 Å². The van der Waals surface area contributed by atoms with Gasteiger partial charge in [0.25, 0.3) is 0 Å². The predicted octanol–water partition coefficient (Wildman–Crippen LogP) is 3.41. The smallest absolute Gasteiger partial charge is 0.165 e. The van der Waals surface area contributed by atoms with Crippen LogP contribution < -0.4 is 4.74 Å². The molecule has 0 amide bonds. The van der Waals surface area contributed by atoms with Crippen LogP contribution in [0, 0.1) is 0 Å². The lowest BCUT2D eigenvalue weighted by molar-refractivity contribution is 0.318. The second-order valence-electron chi connectivity index (χ2n) is 3.37. The van der Waals surface area contributed by atoms with Gasteiger partial charge in [-0.05, 0) is 25.1 Å². The second-order valence-corrected chi connectivity index (χ2v) is 4.28. The number of aromatic hydroxyl groups is 2. The van der Waals surface area contributed by atoms with Gasteiger partial charge in [-0.1, -0.05) is 15.9 Å². The number of fused-ring (bicyclic) bond motifs is 1. The van der Waals surface area contributed by atoms with Crippen molar-refractivity contribution in [3.8, 4) is 17.2 Å². The first-order valence-corrected chi connectivity index (χ1v) is 5.69. The van der Waals surface area contributed by atoms with E-state index in [0.29, 0.717) is 23.1 Å². The maximum atomic E-state index is 9.94. The number of halogens is 1. The summed E-state index contributed by atoms with van der Waals surface area (Å²) < 4.78 is 6.08. The van der Waals surface area contributed by atoms with Crippen LogP contribution in [0.25, 0.3) is 10.8 Å². The van der Waals surface area contributed by atoms with Crippen molar-refractivity contribution < 1.29 is 14.9 Å². The zero-order valence-corrected chi connectivity index (χ0v) is 10.3. The number of phenols is 2. The molecule has 16 heavy (non-hydrogen) atoms. The Balaban J connectivity index is 2.74. The van der Waals surface area contributed by atoms with Crippen molar-refractivity contribution in [2.75, 3.05) is 6.61 Å². The van der Waals surface area contributed by atoms with Crippen molar-refractivity contribution in [2.45, 2.75) is 6.92 Å². The monoisotopic (exact) mass is 282 g/mol. The fourth-order valence-electron chi connectivity index (χ4n) is 1.60. The summed E-state index contributed by atoms with van der Waals surface area (Å²) in [6, 6.07) is 6.71. The topological polar surface area (TPSA) is 49.7 Å². The number of phenolic OH excluding ortho intramolecular Hbond substituents is 2. The number of hydrogen-bond donors (Lipinski definition) is 2. The Morgan fingerprint density at radius 2 is 1.94 bits per heavy atom. The molecule has 2 aromatic rings. The molecule has 0 aliphatic rings. The first-order chi connectivity index (χ1) is 7.63. The van der Waals surface area contributed by atoms with Crippen LogP contribution in [-0.2, 0) is 0 Å². The molecule has 0 atom stereocenters. The van der Waals surface area contributed by atoms with Gasteiger partial charge in [-0.25, -0.2) is 0 Å². The van der Waals surface area contributed by atoms with Gasteiger partial charge in [0.15, 0.2) is 11.5 Å². The molecule has 0 heterocycles. The molecule has 4 heteroatoms. The zero-order chi connectivity index (χ0) is 11.7. The molecule has 0 unspecified atom stereocenters. The number of ether oxygens (including phenoxy) is 1. The molecule has 0 spiro atoms. The first-order valence-electron chi connectivity index (χ1n) is 4.90. The van der Waals surface area contributed by atoms with E-state index in [9.17, 15) is 10.2 Å². The minimum atomic E-state index is 0.0575. The Hall–Kier alpha value is -1.42. The average Bonchev–Trinajstić information content (AvgIpc) is 2.26. The summed E-state index contributed by atoms with van der Waals surface area (Å²) in [6.45, 7) is 2.26. The fourth-order valence-corrected chi connectivity index (χ4v) is 1.96. The minimum absolute atomic E-state index is 0.0575. The molecule has 3 nitrogen and oxygen atoms in total. The maximum absolute atomic E-state index is 9.94. The SMILES string of the molecule is CCOc1cc(O)c2cc(Br)ccc2c1O. The second kappa shape index (κ2) is 4.22. The van der Waals surface area contributed by atoms with Crippen molar-refractivity contribution in [3.05, 3.63) is 28.7 Å². The van der Waals surface area contributed by atoms with Crippen LogP contribution in [0.15, 0.2) is 28.7 Å². The zero-order valence-electron chi connectivity index (χ0n) is 8.70. The summed E-state index contributed by atoms with van der Waals surface area (Å²) >= 11 is 3.32. The summed E-state index contributed by atoms with van der Waals surface area (Å²) in [6.07, 6.45) is 0. The van der Waals surface area contributed by atoms with Crippen LogP contribution >= 0.6 is 15.9 Å². The van der Waals surface area contributed by atoms with Gasteiger partial charge in [-0.15, -0.1) is 0 Å². The van der Waals surface area contributed by atoms with Crippen molar-refractivity contribution >= 4 is 26.7 Å². The number of benzene rings is 2. The van der Waals surface area contributed by atoms with E-state index in [4.69, 9.17) is 4.74 Å². The molecule has 0 bridgehead atoms. The average molecular weight is 283 g/mol. The molecular weight excluding hydrogens is 272 g/mol. The molecule has 2 N–H and O–H groups in total. The largest absolute Gasteiger partial charge is 0.507 e. The molecule has 84 valence electrons. The molecular formula is C12H11BrO3. The summed E-state index contributed by atoms with van der Waals surface area (Å²) in [5.41, 5.74) is 0. The standard InChI is InChI=1S/C12H11BrO3/c1-2-16-11-6-10(14)9-5-7(13)3-4-8(9)12(11)15/h3-6,14-15H,2H2,1H3. The maximum Gasteiger partial charge on any atom is 0.165 e. The van der Waals surface area contributed by atoms with Crippen LogP contribution in [0.1, 0.15) is 6.92 Å². The van der Waals surface area contributed by atoms with E-state index in [1.54, 1.807) is 18.2 Å². The van der Waals surface area contributed by atoms with E-state index in [-0.39, 0.29) is 11.5 Å². The van der Waals surface area contributed by atoms with Crippen LogP contribution in [0.4, 0.5) is 0 Å². The van der Waals surface area contributed by atoms with E-state index >= 15 is 0 Å². The van der Waals surface area contributed by atoms with Gasteiger partial charge in [0.05, 0.1) is 6.61 Å². The van der Waals surface area contributed by atoms with E-state index in [2.05, 4.69) is 15.9 Å². The van der Waals surface area contributed by atoms with Crippen LogP contribution in [0.2, 0.25) is 0 Å². The lowest BCUT2D eigenvalue weighted by Gasteiger charge is -2.10. The predicted molar refractivity (Wildman–Crippen MR) is 66.1 cm³/mol. The molecule has 0 radical (unpaired) electrons. The van der Waals surface area contributed by atoms with Gasteiger partial charge in [0.2, 0.25) is 0 Å². The number of rotatable bonds is 2. The Bertz CT molecular complexity index is 537. The third-order valence-corrected chi connectivity index (χ3v) is 2.81. The molecule has 0 fully saturated rings. The first kappa shape index (κ1) is 11.1. The summed E-state index contributed by atoms with van der Waals surface area (Å²) in [5, 5.41) is 20.9. The summed E-state index contributed by atoms with van der Waals surface area (Å²) in [4.78, 5) is 0. The van der Waals surface area contributed by atoms with E-state index in [1.165, 1.54) is 6.07 Å². The third kappa shape index (κ3) is 1.80. The molecule has 0 aromatic heterocycles. The summed E-state index contributed by atoms with van der Waals surface area (Å²) in [7, 11) is 0. The number of hydrogen-bond acceptors (Lipinski definition) is 3. The van der Waals surface area contributed by atoms with Crippen molar-refractivity contribution in [2.24, 2.45) is 0 Å². The highest BCUT2D eigenvalue weighted by atomic mass is 79.9. The van der Waals surface area contributed by atoms with Crippen molar-refractivity contribution in [1.82, 2.24) is 0 Å². The summed E-state index contributed by atoms with van der Waals surface area (Å²) in [5.74, 6) is 0.453. The molecule has 2 rings (SSSR count). The molecule has 2 aromatic carbocycles. The van der Waals surface area contributed by atoms with Crippen molar-refractivity contribution in [1.29, 1.82) is 0 Å². The van der Waals surface area contributed by atoms with Gasteiger partial charge in [-0.3, -0.25) is 0 Å². The Labute approximate surface area is 101 Å². The van der Waals surface area contributed by atoms with Crippen LogP contribution in [-0.4, -0.2) is 16.8 Å². The Morgan fingerprint density at radius 3 is 2.62 bits per heavy atom. The highest BCUT2D eigenvalue weighted by Gasteiger charge is 2.11. The van der Waals surface area contributed by atoms with Crippen LogP contribution in [0.3, 0.4) is 0 Å². The van der Waals surface area contributed by atoms with E-state index < -0.39 is 0 Å². The Morgan fingerprint density at radius 1 is 1.19 bits per heavy atom. The van der Waals surface area contributed by atoms with Crippen LogP contribution in [0.5, 0.6) is 17.2 Å². The molecule has 0 saturated carbocycles. The highest BCUT2D eigenvalue weighted by Crippen LogP contribution is 2.41. The molecule has 0 aliphatic carbocycles. The molecule has 0 saturated heterocycles. The quantitative estimate of drug-likeness (QED) is 0.830. The van der Waals surface area contributed by atoms with Gasteiger partial charge in [-0.2, -0.15) is 0 Å². The van der Waals surface area contributed by atoms with Gasteiger partial charge < -0.3 is 14.9 Å². The fraction of sp³-hybridized carbons (Fsp3) is 0.167. The lowest BCUT2D eigenvalue weighted by atomic mass is 10.1. The van der Waals surface area contributed by atoms with Gasteiger partial charge in [0, 0.05) is 21.3 Å². The van der Waals surface area contributed by atoms with Gasteiger partial charge in [0.1, 0.15) is 5.75 Å². The minimum Gasteiger partial charge on any atom is -0.507 e. The normalized spacial score (nSPS) is 10.6. The van der Waals surface area contributed by atoms with E-state index in [0.717, 1.165) is 4.47 Å². The lowest BCUT2D eigenvalue weighted by Crippen LogP contribution is -1.92. The van der Waals surface area contributed by atoms with Gasteiger partial charge >= 0.3 is 0 Å². The van der Waals surface area contributed by atoms with E-state index in [1.807, 2.05) is 6.92 Å². The highest BCUT2D eigenvalue weighted by molar-refractivity contribution is 9.10. The third-order valence-electron chi connectivity index (χ3n) is 2.31. The molecule has 0 aliphatic heterocycles. The Kier molecular flexibility index (Phi) is 2.92.